The summed E-state index contributed by atoms with van der Waals surface area (Å²) in [5.74, 6) is -1.64. The number of allylic oxidation sites excluding steroid dienone is 1. The van der Waals surface area contributed by atoms with Crippen LogP contribution in [0.2, 0.25) is 0 Å². The van der Waals surface area contributed by atoms with Crippen LogP contribution in [0.15, 0.2) is 12.7 Å². The molecule has 7 aliphatic rings. The lowest BCUT2D eigenvalue weighted by molar-refractivity contribution is -0.147. The van der Waals surface area contributed by atoms with Gasteiger partial charge in [0.25, 0.3) is 0 Å². The molecular weight excluding hydrogens is 775 g/mol. The molecule has 2 N–H and O–H groups in total. The Morgan fingerprint density at radius 3 is 2.16 bits per heavy atom. The maximum atomic E-state index is 15.3. The summed E-state index contributed by atoms with van der Waals surface area (Å²) in [7, 11) is -4.06. The van der Waals surface area contributed by atoms with Gasteiger partial charge in [0.05, 0.1) is 17.5 Å². The Kier molecular flexibility index (Phi) is 12.0. The average Bonchev–Trinajstić information content (AvgIpc) is 3.58. The molecule has 7 atom stereocenters. The van der Waals surface area contributed by atoms with Gasteiger partial charge in [-0.1, -0.05) is 73.3 Å². The summed E-state index contributed by atoms with van der Waals surface area (Å²) in [6, 6.07) is -1.49. The smallest absolute Gasteiger partial charge is 0.303 e. The zero-order valence-electron chi connectivity index (χ0n) is 35.9. The second kappa shape index (κ2) is 15.9. The van der Waals surface area contributed by atoms with E-state index in [1.165, 1.54) is 4.31 Å². The summed E-state index contributed by atoms with van der Waals surface area (Å²) in [5, 5.41) is 2.87. The molecule has 4 aliphatic carbocycles. The van der Waals surface area contributed by atoms with Crippen LogP contribution in [-0.2, 0) is 34.2 Å². The van der Waals surface area contributed by atoms with E-state index in [1.54, 1.807) is 22.7 Å². The van der Waals surface area contributed by atoms with Gasteiger partial charge in [0.1, 0.15) is 5.37 Å². The van der Waals surface area contributed by atoms with Crippen molar-refractivity contribution in [1.82, 2.24) is 24.1 Å². The molecule has 7 fully saturated rings. The molecule has 0 radical (unpaired) electrons. The number of rotatable bonds is 15. The number of nitrogens with zero attached hydrogens (tertiary/aromatic N) is 3. The number of fused-ring (bicyclic) bond motifs is 1. The second-order valence-electron chi connectivity index (χ2n) is 20.5. The zero-order valence-corrected chi connectivity index (χ0v) is 37.5. The fraction of sp³-hybridized carbons (Fsp3) is 0.841. The first-order chi connectivity index (χ1) is 27.3. The molecule has 3 saturated heterocycles. The number of likely N-dealkylation sites (N-methyl/N-ethyl adjacent to an activating group) is 1. The molecule has 1 unspecified atom stereocenters. The number of carbonyl (C=O) groups is 5. The van der Waals surface area contributed by atoms with E-state index in [0.717, 1.165) is 83.1 Å². The van der Waals surface area contributed by atoms with Crippen LogP contribution in [-0.4, -0.2) is 108 Å². The summed E-state index contributed by atoms with van der Waals surface area (Å²) < 4.78 is 30.0. The maximum Gasteiger partial charge on any atom is 0.303 e. The van der Waals surface area contributed by atoms with Crippen LogP contribution in [0.4, 0.5) is 0 Å². The maximum absolute atomic E-state index is 15.3. The van der Waals surface area contributed by atoms with Crippen LogP contribution < -0.4 is 10.0 Å². The number of likely N-dealkylation sites (tertiary alicyclic amines) is 1. The van der Waals surface area contributed by atoms with Gasteiger partial charge in [-0.3, -0.25) is 28.9 Å². The van der Waals surface area contributed by atoms with Crippen molar-refractivity contribution in [3.8, 4) is 0 Å². The van der Waals surface area contributed by atoms with Gasteiger partial charge in [-0.05, 0) is 86.0 Å². The Morgan fingerprint density at radius 1 is 0.931 bits per heavy atom. The quantitative estimate of drug-likeness (QED) is 0.205. The van der Waals surface area contributed by atoms with E-state index in [0.29, 0.717) is 32.5 Å². The molecule has 0 aromatic rings. The van der Waals surface area contributed by atoms with Crippen LogP contribution in [0.5, 0.6) is 0 Å². The summed E-state index contributed by atoms with van der Waals surface area (Å²) >= 11 is 1.61. The molecule has 3 heterocycles. The van der Waals surface area contributed by atoms with Crippen molar-refractivity contribution in [1.29, 1.82) is 0 Å². The molecule has 58 heavy (non-hydrogen) atoms. The summed E-state index contributed by atoms with van der Waals surface area (Å²) in [6.07, 6.45) is 11.7. The molecule has 324 valence electrons. The summed E-state index contributed by atoms with van der Waals surface area (Å²) in [6.45, 7) is 19.1. The average molecular weight is 844 g/mol. The normalized spacial score (nSPS) is 33.1. The fourth-order valence-corrected chi connectivity index (χ4v) is 15.0. The Balaban J connectivity index is 1.15. The SMILES string of the molecule is C=C[C@@H]1C[C@]1(CC(=O)[C@@H]1C[C@@]2(CN1C(=O)[C@@H](CC(=O)C(NC(=O)[C@@H]1SCCN1CC)C1CCCCC1)C(C)(C)C)C(C)(C)C21CCC1)C(=O)NS(=O)(=O)N1CCCC1. The third-order valence-corrected chi connectivity index (χ3v) is 19.3. The van der Waals surface area contributed by atoms with Gasteiger partial charge >= 0.3 is 10.2 Å². The predicted molar refractivity (Wildman–Crippen MR) is 225 cm³/mol. The molecule has 3 amide bonds. The number of hydrogen-bond donors (Lipinski definition) is 2. The standard InChI is InChI=1S/C44H69N5O7S2/c1-8-30-25-42(30,39(54)46-58(55,56)48-20-13-14-21-48)27-34(51)32-26-44(41(6,7)43(44)18-15-19-43)28-49(32)37(53)31(40(3,4)5)24-33(50)35(29-16-11-10-12-17-29)45-36(52)38-47(9-2)22-23-57-38/h8,29-32,35,38H,1,9-28H2,2-7H3,(H,45,52)(H,46,54)/t30-,31-,32+,35?,38+,42-,44-/m1/s1. The first kappa shape index (κ1) is 43.8. The van der Waals surface area contributed by atoms with E-state index >= 15 is 4.79 Å². The lowest BCUT2D eigenvalue weighted by Crippen LogP contribution is -2.53. The van der Waals surface area contributed by atoms with Crippen molar-refractivity contribution in [2.45, 2.75) is 149 Å². The first-order valence-electron chi connectivity index (χ1n) is 22.3. The highest BCUT2D eigenvalue weighted by molar-refractivity contribution is 8.00. The van der Waals surface area contributed by atoms with Gasteiger partial charge in [-0.25, -0.2) is 4.72 Å². The number of hydrogen-bond acceptors (Lipinski definition) is 9. The minimum absolute atomic E-state index is 0.00508. The highest BCUT2D eigenvalue weighted by Gasteiger charge is 2.85. The molecule has 0 aromatic carbocycles. The lowest BCUT2D eigenvalue weighted by atomic mass is 9.73. The van der Waals surface area contributed by atoms with Crippen molar-refractivity contribution >= 4 is 51.3 Å². The van der Waals surface area contributed by atoms with Crippen molar-refractivity contribution < 1.29 is 32.4 Å². The predicted octanol–water partition coefficient (Wildman–Crippen LogP) is 5.47. The first-order valence-corrected chi connectivity index (χ1v) is 24.7. The monoisotopic (exact) mass is 843 g/mol. The molecule has 7 rings (SSSR count). The van der Waals surface area contributed by atoms with E-state index < -0.39 is 44.9 Å². The molecule has 4 saturated carbocycles. The van der Waals surface area contributed by atoms with Crippen molar-refractivity contribution in [3.63, 3.8) is 0 Å². The van der Waals surface area contributed by atoms with Crippen molar-refractivity contribution in [2.75, 3.05) is 38.5 Å². The van der Waals surface area contributed by atoms with Gasteiger partial charge < -0.3 is 10.2 Å². The van der Waals surface area contributed by atoms with Gasteiger partial charge in [0.15, 0.2) is 11.6 Å². The van der Waals surface area contributed by atoms with Gasteiger partial charge in [-0.15, -0.1) is 18.3 Å². The highest BCUT2D eigenvalue weighted by atomic mass is 32.2. The van der Waals surface area contributed by atoms with Gasteiger partial charge in [0, 0.05) is 56.1 Å². The minimum atomic E-state index is -4.06. The molecule has 3 aliphatic heterocycles. The number of ketones is 2. The highest BCUT2D eigenvalue weighted by Crippen LogP contribution is 2.88. The molecular formula is C44H69N5O7S2. The van der Waals surface area contributed by atoms with E-state index in [1.807, 2.05) is 27.7 Å². The third kappa shape index (κ3) is 7.33. The number of Topliss-reactive ketones (excluding diaryl/α,β-unsaturated/α-hetero) is 2. The topological polar surface area (TPSA) is 153 Å². The number of nitrogens with one attached hydrogen (secondary N) is 2. The number of carbonyl (C=O) groups excluding carboxylic acids is 5. The Bertz CT molecular complexity index is 1780. The van der Waals surface area contributed by atoms with E-state index in [2.05, 4.69) is 35.4 Å². The van der Waals surface area contributed by atoms with Gasteiger partial charge in [-0.2, -0.15) is 12.7 Å². The lowest BCUT2D eigenvalue weighted by Gasteiger charge is -2.37. The minimum Gasteiger partial charge on any atom is -0.344 e. The molecule has 0 aromatic heterocycles. The molecule has 0 bridgehead atoms. The van der Waals surface area contributed by atoms with E-state index in [4.69, 9.17) is 0 Å². The number of thioether (sulfide) groups is 1. The molecule has 12 nitrogen and oxygen atoms in total. The summed E-state index contributed by atoms with van der Waals surface area (Å²) in [4.78, 5) is 76.5. The fourth-order valence-electron chi connectivity index (χ4n) is 12.5. The van der Waals surface area contributed by atoms with E-state index in [-0.39, 0.29) is 69.7 Å². The molecule has 14 heteroatoms. The summed E-state index contributed by atoms with van der Waals surface area (Å²) in [5.41, 5.74) is -2.22. The van der Waals surface area contributed by atoms with Crippen LogP contribution >= 0.6 is 11.8 Å². The second-order valence-corrected chi connectivity index (χ2v) is 23.4. The Morgan fingerprint density at radius 2 is 1.60 bits per heavy atom. The third-order valence-electron chi connectivity index (χ3n) is 16.6. The number of amides is 3. The Hall–Kier alpha value is -2.29. The van der Waals surface area contributed by atoms with Crippen LogP contribution in [0.1, 0.15) is 131 Å². The zero-order chi connectivity index (χ0) is 42.1. The Labute approximate surface area is 351 Å². The largest absolute Gasteiger partial charge is 0.344 e. The van der Waals surface area contributed by atoms with Crippen molar-refractivity contribution in [3.05, 3.63) is 12.7 Å². The van der Waals surface area contributed by atoms with E-state index in [9.17, 15) is 27.6 Å². The molecule has 2 spiro atoms. The van der Waals surface area contributed by atoms with Crippen LogP contribution in [0.3, 0.4) is 0 Å². The van der Waals surface area contributed by atoms with Gasteiger partial charge in [0.2, 0.25) is 17.7 Å². The van der Waals surface area contributed by atoms with Crippen LogP contribution in [0.25, 0.3) is 0 Å². The van der Waals surface area contributed by atoms with Crippen molar-refractivity contribution in [2.24, 2.45) is 44.8 Å². The van der Waals surface area contributed by atoms with Crippen LogP contribution in [0, 0.1) is 44.8 Å².